The maximum atomic E-state index is 9.54. The second kappa shape index (κ2) is 6.40. The Morgan fingerprint density at radius 1 is 1.32 bits per heavy atom. The SMILES string of the molecule is Cc1ccsc1-c1nc(CN2CCc3c(c(CO)nn3C)C2)c(C)o1. The van der Waals surface area contributed by atoms with Crippen molar-refractivity contribution < 1.29 is 9.52 Å². The van der Waals surface area contributed by atoms with Gasteiger partial charge in [-0.25, -0.2) is 4.98 Å². The molecule has 3 aromatic heterocycles. The minimum Gasteiger partial charge on any atom is -0.440 e. The lowest BCUT2D eigenvalue weighted by Crippen LogP contribution is -2.31. The third-order valence-corrected chi connectivity index (χ3v) is 5.88. The van der Waals surface area contributed by atoms with Crippen LogP contribution in [0.4, 0.5) is 0 Å². The number of oxazole rings is 1. The zero-order valence-corrected chi connectivity index (χ0v) is 15.6. The highest BCUT2D eigenvalue weighted by atomic mass is 32.1. The van der Waals surface area contributed by atoms with Gasteiger partial charge in [0.2, 0.25) is 5.89 Å². The Morgan fingerprint density at radius 3 is 2.88 bits per heavy atom. The highest BCUT2D eigenvalue weighted by Crippen LogP contribution is 2.31. The van der Waals surface area contributed by atoms with Crippen LogP contribution in [-0.2, 0) is 33.2 Å². The molecule has 0 fully saturated rings. The summed E-state index contributed by atoms with van der Waals surface area (Å²) in [5, 5.41) is 16.0. The fourth-order valence-electron chi connectivity index (χ4n) is 3.46. The molecule has 0 aliphatic carbocycles. The van der Waals surface area contributed by atoms with Crippen LogP contribution in [0.1, 0.15) is 34.0 Å². The second-order valence-corrected chi connectivity index (χ2v) is 7.49. The average Bonchev–Trinajstić information content (AvgIpc) is 3.26. The van der Waals surface area contributed by atoms with Crippen LogP contribution in [0, 0.1) is 13.8 Å². The van der Waals surface area contributed by atoms with Crippen LogP contribution in [0.5, 0.6) is 0 Å². The van der Waals surface area contributed by atoms with Crippen molar-refractivity contribution in [1.29, 1.82) is 0 Å². The molecular weight excluding hydrogens is 336 g/mol. The molecular formula is C18H22N4O2S. The van der Waals surface area contributed by atoms with Crippen LogP contribution < -0.4 is 0 Å². The molecule has 0 saturated carbocycles. The summed E-state index contributed by atoms with van der Waals surface area (Å²) in [5.74, 6) is 1.59. The van der Waals surface area contributed by atoms with Crippen molar-refractivity contribution in [1.82, 2.24) is 19.7 Å². The summed E-state index contributed by atoms with van der Waals surface area (Å²) < 4.78 is 7.82. The molecule has 4 heterocycles. The van der Waals surface area contributed by atoms with E-state index in [-0.39, 0.29) is 6.61 Å². The van der Waals surface area contributed by atoms with E-state index in [1.54, 1.807) is 11.3 Å². The molecule has 0 amide bonds. The highest BCUT2D eigenvalue weighted by molar-refractivity contribution is 7.13. The molecule has 0 radical (unpaired) electrons. The van der Waals surface area contributed by atoms with Crippen LogP contribution in [0.2, 0.25) is 0 Å². The molecule has 1 N–H and O–H groups in total. The van der Waals surface area contributed by atoms with E-state index in [2.05, 4.69) is 28.4 Å². The van der Waals surface area contributed by atoms with Crippen molar-refractivity contribution in [2.45, 2.75) is 40.0 Å². The van der Waals surface area contributed by atoms with Crippen LogP contribution >= 0.6 is 11.3 Å². The Morgan fingerprint density at radius 2 is 2.16 bits per heavy atom. The summed E-state index contributed by atoms with van der Waals surface area (Å²) in [7, 11) is 1.95. The molecule has 0 saturated heterocycles. The maximum Gasteiger partial charge on any atom is 0.237 e. The van der Waals surface area contributed by atoms with Gasteiger partial charge in [0.15, 0.2) is 0 Å². The first-order chi connectivity index (χ1) is 12.1. The van der Waals surface area contributed by atoms with Crippen LogP contribution in [-0.4, -0.2) is 31.3 Å². The number of nitrogens with zero attached hydrogens (tertiary/aromatic N) is 4. The van der Waals surface area contributed by atoms with Crippen molar-refractivity contribution >= 4 is 11.3 Å². The molecule has 132 valence electrons. The van der Waals surface area contributed by atoms with Gasteiger partial charge >= 0.3 is 0 Å². The molecule has 1 aliphatic heterocycles. The average molecular weight is 358 g/mol. The first kappa shape index (κ1) is 16.5. The smallest absolute Gasteiger partial charge is 0.237 e. The standard InChI is InChI=1S/C18H22N4O2S/c1-11-5-7-25-17(11)18-19-14(12(2)24-18)9-22-6-4-16-13(8-22)15(10-23)20-21(16)3/h5,7,23H,4,6,8-10H2,1-3H3. The minimum absolute atomic E-state index is 0.0121. The van der Waals surface area contributed by atoms with Crippen LogP contribution in [0.25, 0.3) is 10.8 Å². The van der Waals surface area contributed by atoms with Gasteiger partial charge in [0.1, 0.15) is 5.76 Å². The summed E-state index contributed by atoms with van der Waals surface area (Å²) in [6.45, 7) is 6.54. The first-order valence-electron chi connectivity index (χ1n) is 8.44. The minimum atomic E-state index is -0.0121. The lowest BCUT2D eigenvalue weighted by Gasteiger charge is -2.26. The third kappa shape index (κ3) is 2.92. The lowest BCUT2D eigenvalue weighted by atomic mass is 10.1. The summed E-state index contributed by atoms with van der Waals surface area (Å²) >= 11 is 1.66. The van der Waals surface area contributed by atoms with Crippen molar-refractivity contribution in [2.24, 2.45) is 7.05 Å². The van der Waals surface area contributed by atoms with Crippen LogP contribution in [0.3, 0.4) is 0 Å². The van der Waals surface area contributed by atoms with E-state index in [0.717, 1.165) is 59.5 Å². The molecule has 25 heavy (non-hydrogen) atoms. The van der Waals surface area contributed by atoms with Gasteiger partial charge in [0, 0.05) is 44.4 Å². The predicted molar refractivity (Wildman–Crippen MR) is 96.2 cm³/mol. The quantitative estimate of drug-likeness (QED) is 0.777. The zero-order chi connectivity index (χ0) is 17.6. The number of fused-ring (bicyclic) bond motifs is 1. The number of aryl methyl sites for hydroxylation is 3. The van der Waals surface area contributed by atoms with Crippen molar-refractivity contribution in [3.05, 3.63) is 45.4 Å². The van der Waals surface area contributed by atoms with Gasteiger partial charge in [-0.05, 0) is 30.9 Å². The number of aliphatic hydroxyl groups excluding tert-OH is 1. The normalized spacial score (nSPS) is 14.9. The fourth-order valence-corrected chi connectivity index (χ4v) is 4.31. The number of aliphatic hydroxyl groups is 1. The Bertz CT molecular complexity index is 908. The largest absolute Gasteiger partial charge is 0.440 e. The third-order valence-electron chi connectivity index (χ3n) is 4.88. The fraction of sp³-hybridized carbons (Fsp3) is 0.444. The van der Waals surface area contributed by atoms with E-state index in [1.165, 1.54) is 11.3 Å². The highest BCUT2D eigenvalue weighted by Gasteiger charge is 2.25. The van der Waals surface area contributed by atoms with Crippen molar-refractivity contribution in [3.8, 4) is 10.8 Å². The van der Waals surface area contributed by atoms with E-state index in [0.29, 0.717) is 0 Å². The van der Waals surface area contributed by atoms with Gasteiger partial charge < -0.3 is 9.52 Å². The Labute approximate surface area is 150 Å². The summed E-state index contributed by atoms with van der Waals surface area (Å²) in [5.41, 5.74) is 5.36. The van der Waals surface area contributed by atoms with Crippen LogP contribution in [0.15, 0.2) is 15.9 Å². The molecule has 0 aromatic carbocycles. The molecule has 0 bridgehead atoms. The van der Waals surface area contributed by atoms with Gasteiger partial charge in [-0.2, -0.15) is 5.10 Å². The Balaban J connectivity index is 1.55. The zero-order valence-electron chi connectivity index (χ0n) is 14.7. The van der Waals surface area contributed by atoms with Gasteiger partial charge in [0.25, 0.3) is 0 Å². The number of hydrogen-bond acceptors (Lipinski definition) is 6. The van der Waals surface area contributed by atoms with Gasteiger partial charge in [0.05, 0.1) is 22.9 Å². The molecule has 3 aromatic rings. The molecule has 4 rings (SSSR count). The molecule has 0 atom stereocenters. The Hall–Kier alpha value is -1.96. The first-order valence-corrected chi connectivity index (χ1v) is 9.32. The summed E-state index contributed by atoms with van der Waals surface area (Å²) in [4.78, 5) is 8.19. The van der Waals surface area contributed by atoms with Crippen molar-refractivity contribution in [2.75, 3.05) is 6.54 Å². The number of rotatable bonds is 4. The van der Waals surface area contributed by atoms with E-state index in [1.807, 2.05) is 18.7 Å². The van der Waals surface area contributed by atoms with Crippen molar-refractivity contribution in [3.63, 3.8) is 0 Å². The van der Waals surface area contributed by atoms with Gasteiger partial charge in [-0.3, -0.25) is 9.58 Å². The number of thiophene rings is 1. The topological polar surface area (TPSA) is 67.3 Å². The number of aromatic nitrogens is 3. The monoisotopic (exact) mass is 358 g/mol. The summed E-state index contributed by atoms with van der Waals surface area (Å²) in [6, 6.07) is 2.09. The Kier molecular flexibility index (Phi) is 4.23. The maximum absolute atomic E-state index is 9.54. The molecule has 6 nitrogen and oxygen atoms in total. The van der Waals surface area contributed by atoms with E-state index in [9.17, 15) is 5.11 Å². The molecule has 0 unspecified atom stereocenters. The molecule has 7 heteroatoms. The lowest BCUT2D eigenvalue weighted by molar-refractivity contribution is 0.233. The van der Waals surface area contributed by atoms with E-state index >= 15 is 0 Å². The predicted octanol–water partition coefficient (Wildman–Crippen LogP) is 2.80. The molecule has 1 aliphatic rings. The number of hydrogen-bond donors (Lipinski definition) is 1. The summed E-state index contributed by atoms with van der Waals surface area (Å²) in [6.07, 6.45) is 0.937. The van der Waals surface area contributed by atoms with Gasteiger partial charge in [-0.1, -0.05) is 0 Å². The van der Waals surface area contributed by atoms with E-state index < -0.39 is 0 Å². The second-order valence-electron chi connectivity index (χ2n) is 6.57. The molecule has 0 spiro atoms. The van der Waals surface area contributed by atoms with Gasteiger partial charge in [-0.15, -0.1) is 11.3 Å². The van der Waals surface area contributed by atoms with E-state index in [4.69, 9.17) is 9.40 Å².